The van der Waals surface area contributed by atoms with Crippen molar-refractivity contribution >= 4 is 6.09 Å². The number of hydrogen-bond acceptors (Lipinski definition) is 3. The SMILES string of the molecule is CC(O)CC1CCCCCN1C(=O)OCc1ccccc1. The molecule has 4 heteroatoms. The van der Waals surface area contributed by atoms with Gasteiger partial charge in [-0.2, -0.15) is 0 Å². The Hall–Kier alpha value is -1.55. The molecule has 21 heavy (non-hydrogen) atoms. The van der Waals surface area contributed by atoms with Gasteiger partial charge in [0.25, 0.3) is 0 Å². The minimum atomic E-state index is -0.391. The van der Waals surface area contributed by atoms with Crippen LogP contribution >= 0.6 is 0 Å². The van der Waals surface area contributed by atoms with Crippen LogP contribution in [0.2, 0.25) is 0 Å². The van der Waals surface area contributed by atoms with Crippen molar-refractivity contribution in [2.24, 2.45) is 0 Å². The average molecular weight is 291 g/mol. The molecule has 2 rings (SSSR count). The molecule has 0 saturated carbocycles. The van der Waals surface area contributed by atoms with Gasteiger partial charge < -0.3 is 14.7 Å². The molecule has 2 unspecified atom stereocenters. The Balaban J connectivity index is 1.93. The number of rotatable bonds is 4. The largest absolute Gasteiger partial charge is 0.445 e. The summed E-state index contributed by atoms with van der Waals surface area (Å²) in [5.41, 5.74) is 0.993. The van der Waals surface area contributed by atoms with Gasteiger partial charge in [0.05, 0.1) is 6.10 Å². The first-order chi connectivity index (χ1) is 10.2. The van der Waals surface area contributed by atoms with Gasteiger partial charge in [0.2, 0.25) is 0 Å². The first-order valence-corrected chi connectivity index (χ1v) is 7.82. The molecule has 1 N–H and O–H groups in total. The fraction of sp³-hybridized carbons (Fsp3) is 0.588. The Morgan fingerprint density at radius 2 is 2.10 bits per heavy atom. The first kappa shape index (κ1) is 15.8. The molecule has 1 aliphatic heterocycles. The minimum absolute atomic E-state index is 0.0933. The zero-order valence-electron chi connectivity index (χ0n) is 12.7. The van der Waals surface area contributed by atoms with E-state index in [1.165, 1.54) is 0 Å². The quantitative estimate of drug-likeness (QED) is 0.925. The lowest BCUT2D eigenvalue weighted by Gasteiger charge is -2.30. The normalized spacial score (nSPS) is 20.7. The molecule has 4 nitrogen and oxygen atoms in total. The monoisotopic (exact) mass is 291 g/mol. The second kappa shape index (κ2) is 8.03. The molecule has 2 atom stereocenters. The summed E-state index contributed by atoms with van der Waals surface area (Å²) in [7, 11) is 0. The van der Waals surface area contributed by atoms with Crippen LogP contribution in [0.3, 0.4) is 0 Å². The van der Waals surface area contributed by atoms with Crippen molar-refractivity contribution in [1.29, 1.82) is 0 Å². The molecule has 0 bridgehead atoms. The number of amides is 1. The van der Waals surface area contributed by atoms with Crippen LogP contribution in [-0.2, 0) is 11.3 Å². The molecule has 0 aliphatic carbocycles. The molecule has 1 amide bonds. The Labute approximate surface area is 126 Å². The van der Waals surface area contributed by atoms with E-state index in [9.17, 15) is 9.90 Å². The second-order valence-corrected chi connectivity index (χ2v) is 5.82. The molecular formula is C17H25NO3. The maximum absolute atomic E-state index is 12.3. The average Bonchev–Trinajstić information content (AvgIpc) is 2.71. The number of aliphatic hydroxyl groups excluding tert-OH is 1. The summed E-state index contributed by atoms with van der Waals surface area (Å²) in [4.78, 5) is 14.1. The van der Waals surface area contributed by atoms with Gasteiger partial charge in [0, 0.05) is 12.6 Å². The van der Waals surface area contributed by atoms with Crippen LogP contribution in [0.1, 0.15) is 44.6 Å². The van der Waals surface area contributed by atoms with Crippen molar-refractivity contribution in [2.75, 3.05) is 6.54 Å². The van der Waals surface area contributed by atoms with Crippen molar-refractivity contribution in [3.8, 4) is 0 Å². The van der Waals surface area contributed by atoms with Crippen LogP contribution in [0.5, 0.6) is 0 Å². The lowest BCUT2D eigenvalue weighted by atomic mass is 10.0. The molecule has 1 aliphatic rings. The molecule has 116 valence electrons. The summed E-state index contributed by atoms with van der Waals surface area (Å²) in [6.07, 6.45) is 4.19. The van der Waals surface area contributed by atoms with E-state index in [0.717, 1.165) is 37.8 Å². The van der Waals surface area contributed by atoms with Crippen LogP contribution in [0.15, 0.2) is 30.3 Å². The van der Waals surface area contributed by atoms with E-state index in [1.807, 2.05) is 35.2 Å². The molecule has 0 spiro atoms. The Morgan fingerprint density at radius 3 is 2.81 bits per heavy atom. The molecule has 1 fully saturated rings. The number of likely N-dealkylation sites (tertiary alicyclic amines) is 1. The predicted octanol–water partition coefficient (Wildman–Crippen LogP) is 3.34. The molecule has 1 saturated heterocycles. The van der Waals surface area contributed by atoms with E-state index in [4.69, 9.17) is 4.74 Å². The van der Waals surface area contributed by atoms with Gasteiger partial charge in [0.15, 0.2) is 0 Å². The maximum Gasteiger partial charge on any atom is 0.410 e. The zero-order chi connectivity index (χ0) is 15.1. The minimum Gasteiger partial charge on any atom is -0.445 e. The molecule has 0 radical (unpaired) electrons. The number of carbonyl (C=O) groups excluding carboxylic acids is 1. The van der Waals surface area contributed by atoms with E-state index in [2.05, 4.69) is 0 Å². The van der Waals surface area contributed by atoms with E-state index < -0.39 is 6.10 Å². The van der Waals surface area contributed by atoms with Crippen LogP contribution in [0.25, 0.3) is 0 Å². The van der Waals surface area contributed by atoms with Gasteiger partial charge >= 0.3 is 6.09 Å². The van der Waals surface area contributed by atoms with Crippen LogP contribution in [0.4, 0.5) is 4.79 Å². The Kier molecular flexibility index (Phi) is 6.05. The van der Waals surface area contributed by atoms with Gasteiger partial charge in [-0.05, 0) is 31.7 Å². The molecule has 0 aromatic heterocycles. The van der Waals surface area contributed by atoms with Crippen molar-refractivity contribution in [3.05, 3.63) is 35.9 Å². The van der Waals surface area contributed by atoms with E-state index >= 15 is 0 Å². The predicted molar refractivity (Wildman–Crippen MR) is 81.9 cm³/mol. The van der Waals surface area contributed by atoms with E-state index in [1.54, 1.807) is 6.92 Å². The fourth-order valence-electron chi connectivity index (χ4n) is 2.86. The summed E-state index contributed by atoms with van der Waals surface area (Å²) in [5.74, 6) is 0. The van der Waals surface area contributed by atoms with Gasteiger partial charge in [0.1, 0.15) is 6.61 Å². The summed E-state index contributed by atoms with van der Waals surface area (Å²) >= 11 is 0. The molecular weight excluding hydrogens is 266 g/mol. The lowest BCUT2D eigenvalue weighted by Crippen LogP contribution is -2.41. The molecule has 1 aromatic rings. The highest BCUT2D eigenvalue weighted by atomic mass is 16.6. The number of nitrogens with zero attached hydrogens (tertiary/aromatic N) is 1. The van der Waals surface area contributed by atoms with Gasteiger partial charge in [-0.3, -0.25) is 0 Å². The topological polar surface area (TPSA) is 49.8 Å². The van der Waals surface area contributed by atoms with Crippen molar-refractivity contribution in [1.82, 2.24) is 4.90 Å². The lowest BCUT2D eigenvalue weighted by molar-refractivity contribution is 0.0662. The van der Waals surface area contributed by atoms with Gasteiger partial charge in [-0.15, -0.1) is 0 Å². The standard InChI is InChI=1S/C17H25NO3/c1-14(19)12-16-10-6-3-7-11-18(16)17(20)21-13-15-8-4-2-5-9-15/h2,4-5,8-9,14,16,19H,3,6-7,10-13H2,1H3. The summed E-state index contributed by atoms with van der Waals surface area (Å²) in [5, 5.41) is 9.63. The first-order valence-electron chi connectivity index (χ1n) is 7.82. The molecule has 1 aromatic carbocycles. The van der Waals surface area contributed by atoms with E-state index in [-0.39, 0.29) is 12.1 Å². The fourth-order valence-corrected chi connectivity index (χ4v) is 2.86. The third kappa shape index (κ3) is 5.05. The van der Waals surface area contributed by atoms with Gasteiger partial charge in [-0.25, -0.2) is 4.79 Å². The van der Waals surface area contributed by atoms with Crippen molar-refractivity contribution in [3.63, 3.8) is 0 Å². The van der Waals surface area contributed by atoms with E-state index in [0.29, 0.717) is 13.0 Å². The third-order valence-corrected chi connectivity index (χ3v) is 3.93. The number of benzene rings is 1. The number of ether oxygens (including phenoxy) is 1. The van der Waals surface area contributed by atoms with Crippen LogP contribution < -0.4 is 0 Å². The number of hydrogen-bond donors (Lipinski definition) is 1. The maximum atomic E-state index is 12.3. The zero-order valence-corrected chi connectivity index (χ0v) is 12.7. The van der Waals surface area contributed by atoms with Crippen molar-refractivity contribution in [2.45, 2.75) is 57.8 Å². The highest BCUT2D eigenvalue weighted by Crippen LogP contribution is 2.21. The summed E-state index contributed by atoms with van der Waals surface area (Å²) in [6, 6.07) is 9.80. The second-order valence-electron chi connectivity index (χ2n) is 5.82. The van der Waals surface area contributed by atoms with Crippen LogP contribution in [0, 0.1) is 0 Å². The number of aliphatic hydroxyl groups is 1. The summed E-state index contributed by atoms with van der Waals surface area (Å²) < 4.78 is 5.44. The van der Waals surface area contributed by atoms with Crippen molar-refractivity contribution < 1.29 is 14.6 Å². The molecule has 1 heterocycles. The van der Waals surface area contributed by atoms with Crippen LogP contribution in [-0.4, -0.2) is 34.8 Å². The number of carbonyl (C=O) groups is 1. The van der Waals surface area contributed by atoms with Gasteiger partial charge in [-0.1, -0.05) is 43.2 Å². The Morgan fingerprint density at radius 1 is 1.33 bits per heavy atom. The highest BCUT2D eigenvalue weighted by Gasteiger charge is 2.27. The smallest absolute Gasteiger partial charge is 0.410 e. The third-order valence-electron chi connectivity index (χ3n) is 3.93. The summed E-state index contributed by atoms with van der Waals surface area (Å²) in [6.45, 7) is 2.81. The highest BCUT2D eigenvalue weighted by molar-refractivity contribution is 5.68. The Bertz CT molecular complexity index is 433.